The predicted octanol–water partition coefficient (Wildman–Crippen LogP) is 2.10. The first-order valence-electron chi connectivity index (χ1n) is 9.09. The van der Waals surface area contributed by atoms with Gasteiger partial charge in [0.25, 0.3) is 5.91 Å². The van der Waals surface area contributed by atoms with E-state index in [1.165, 1.54) is 26.3 Å². The molecular formula is C20H25N3O6S. The van der Waals surface area contributed by atoms with Gasteiger partial charge in [-0.2, -0.15) is 5.10 Å². The van der Waals surface area contributed by atoms with Crippen LogP contribution in [0.1, 0.15) is 19.4 Å². The third-order valence-electron chi connectivity index (χ3n) is 4.09. The molecule has 1 atom stereocenters. The van der Waals surface area contributed by atoms with E-state index in [9.17, 15) is 18.3 Å². The zero-order chi connectivity index (χ0) is 22.3. The molecule has 0 bridgehead atoms. The SMILES string of the molecule is CCOc1cc(/C=N\NC(=O)[C@H](C)N(c2ccc(OC)cc2)S(C)(=O)=O)ccc1O. The number of sulfonamides is 1. The number of phenolic OH excluding ortho intramolecular Hbond substituents is 1. The van der Waals surface area contributed by atoms with Crippen LogP contribution in [0.25, 0.3) is 0 Å². The fourth-order valence-electron chi connectivity index (χ4n) is 2.68. The van der Waals surface area contributed by atoms with E-state index in [2.05, 4.69) is 10.5 Å². The molecular weight excluding hydrogens is 410 g/mol. The van der Waals surface area contributed by atoms with Crippen molar-refractivity contribution in [3.05, 3.63) is 48.0 Å². The number of nitrogens with one attached hydrogen (secondary N) is 1. The number of carbonyl (C=O) groups excluding carboxylic acids is 1. The second-order valence-electron chi connectivity index (χ2n) is 6.33. The molecule has 0 aromatic heterocycles. The van der Waals surface area contributed by atoms with E-state index < -0.39 is 22.0 Å². The molecule has 2 aromatic rings. The first-order chi connectivity index (χ1) is 14.2. The van der Waals surface area contributed by atoms with Crippen molar-refractivity contribution in [3.8, 4) is 17.2 Å². The predicted molar refractivity (Wildman–Crippen MR) is 115 cm³/mol. The third-order valence-corrected chi connectivity index (χ3v) is 5.33. The highest BCUT2D eigenvalue weighted by Gasteiger charge is 2.29. The molecule has 2 rings (SSSR count). The molecule has 30 heavy (non-hydrogen) atoms. The number of carbonyl (C=O) groups is 1. The molecule has 0 radical (unpaired) electrons. The van der Waals surface area contributed by atoms with Gasteiger partial charge >= 0.3 is 0 Å². The van der Waals surface area contributed by atoms with Crippen molar-refractivity contribution < 1.29 is 27.8 Å². The van der Waals surface area contributed by atoms with Gasteiger partial charge in [0.05, 0.1) is 31.9 Å². The summed E-state index contributed by atoms with van der Waals surface area (Å²) in [5.41, 5.74) is 3.24. The van der Waals surface area contributed by atoms with Crippen LogP contribution in [0.5, 0.6) is 17.2 Å². The molecule has 0 saturated carbocycles. The normalized spacial score (nSPS) is 12.4. The maximum atomic E-state index is 12.5. The zero-order valence-electron chi connectivity index (χ0n) is 17.2. The van der Waals surface area contributed by atoms with Crippen LogP contribution in [0.4, 0.5) is 5.69 Å². The molecule has 10 heteroatoms. The maximum absolute atomic E-state index is 12.5. The van der Waals surface area contributed by atoms with E-state index in [-0.39, 0.29) is 5.75 Å². The molecule has 162 valence electrons. The van der Waals surface area contributed by atoms with Crippen LogP contribution >= 0.6 is 0 Å². The van der Waals surface area contributed by atoms with Crippen LogP contribution < -0.4 is 19.2 Å². The molecule has 0 aliphatic carbocycles. The van der Waals surface area contributed by atoms with Crippen LogP contribution in [-0.2, 0) is 14.8 Å². The number of hydrogen-bond donors (Lipinski definition) is 2. The lowest BCUT2D eigenvalue weighted by molar-refractivity contribution is -0.121. The summed E-state index contributed by atoms with van der Waals surface area (Å²) < 4.78 is 36.0. The smallest absolute Gasteiger partial charge is 0.263 e. The molecule has 9 nitrogen and oxygen atoms in total. The number of aromatic hydroxyl groups is 1. The number of ether oxygens (including phenoxy) is 2. The molecule has 0 fully saturated rings. The Hall–Kier alpha value is -3.27. The lowest BCUT2D eigenvalue weighted by atomic mass is 10.2. The fourth-order valence-corrected chi connectivity index (χ4v) is 3.86. The van der Waals surface area contributed by atoms with Gasteiger partial charge in [0.15, 0.2) is 11.5 Å². The minimum absolute atomic E-state index is 0.00468. The fraction of sp³-hybridized carbons (Fsp3) is 0.300. The lowest BCUT2D eigenvalue weighted by Crippen LogP contribution is -2.46. The van der Waals surface area contributed by atoms with Crippen molar-refractivity contribution >= 4 is 27.8 Å². The summed E-state index contributed by atoms with van der Waals surface area (Å²) in [7, 11) is -2.24. The monoisotopic (exact) mass is 435 g/mol. The van der Waals surface area contributed by atoms with Gasteiger partial charge in [-0.1, -0.05) is 0 Å². The van der Waals surface area contributed by atoms with Crippen molar-refractivity contribution in [2.45, 2.75) is 19.9 Å². The van der Waals surface area contributed by atoms with Gasteiger partial charge in [0.1, 0.15) is 11.8 Å². The Kier molecular flexibility index (Phi) is 7.65. The van der Waals surface area contributed by atoms with Crippen molar-refractivity contribution in [2.75, 3.05) is 24.3 Å². The van der Waals surface area contributed by atoms with Crippen LogP contribution in [0.3, 0.4) is 0 Å². The molecule has 0 aliphatic heterocycles. The summed E-state index contributed by atoms with van der Waals surface area (Å²) >= 11 is 0. The van der Waals surface area contributed by atoms with Gasteiger partial charge in [-0.3, -0.25) is 9.10 Å². The molecule has 0 saturated heterocycles. The van der Waals surface area contributed by atoms with Crippen LogP contribution in [0.15, 0.2) is 47.6 Å². The Labute approximate surface area is 176 Å². The maximum Gasteiger partial charge on any atom is 0.263 e. The van der Waals surface area contributed by atoms with Crippen LogP contribution in [0, 0.1) is 0 Å². The molecule has 0 unspecified atom stereocenters. The average molecular weight is 436 g/mol. The van der Waals surface area contributed by atoms with Crippen molar-refractivity contribution in [3.63, 3.8) is 0 Å². The highest BCUT2D eigenvalue weighted by atomic mass is 32.2. The molecule has 2 aromatic carbocycles. The lowest BCUT2D eigenvalue weighted by Gasteiger charge is -2.27. The number of hydrogen-bond acceptors (Lipinski definition) is 7. The third kappa shape index (κ3) is 5.86. The Morgan fingerprint density at radius 3 is 2.50 bits per heavy atom. The van der Waals surface area contributed by atoms with Crippen LogP contribution in [0.2, 0.25) is 0 Å². The van der Waals surface area contributed by atoms with Crippen molar-refractivity contribution in [2.24, 2.45) is 5.10 Å². The van der Waals surface area contributed by atoms with Gasteiger partial charge in [0.2, 0.25) is 10.0 Å². The summed E-state index contributed by atoms with van der Waals surface area (Å²) in [6.45, 7) is 3.64. The average Bonchev–Trinajstić information content (AvgIpc) is 2.70. The van der Waals surface area contributed by atoms with Gasteiger partial charge in [-0.15, -0.1) is 0 Å². The van der Waals surface area contributed by atoms with Gasteiger partial charge in [-0.25, -0.2) is 13.8 Å². The minimum atomic E-state index is -3.74. The number of benzene rings is 2. The molecule has 0 aliphatic rings. The summed E-state index contributed by atoms with van der Waals surface area (Å²) in [6, 6.07) is 9.89. The van der Waals surface area contributed by atoms with E-state index in [1.807, 2.05) is 0 Å². The summed E-state index contributed by atoms with van der Waals surface area (Å²) in [5.74, 6) is 0.240. The van der Waals surface area contributed by atoms with Gasteiger partial charge in [0, 0.05) is 0 Å². The zero-order valence-corrected chi connectivity index (χ0v) is 18.0. The number of amides is 1. The van der Waals surface area contributed by atoms with E-state index >= 15 is 0 Å². The van der Waals surface area contributed by atoms with E-state index in [4.69, 9.17) is 9.47 Å². The van der Waals surface area contributed by atoms with E-state index in [0.717, 1.165) is 10.6 Å². The minimum Gasteiger partial charge on any atom is -0.504 e. The topological polar surface area (TPSA) is 118 Å². The Balaban J connectivity index is 2.15. The van der Waals surface area contributed by atoms with Crippen molar-refractivity contribution in [1.29, 1.82) is 0 Å². The first kappa shape index (κ1) is 23.0. The molecule has 0 heterocycles. The Morgan fingerprint density at radius 1 is 1.27 bits per heavy atom. The summed E-state index contributed by atoms with van der Waals surface area (Å²) in [6.07, 6.45) is 2.39. The largest absolute Gasteiger partial charge is 0.504 e. The number of methoxy groups -OCH3 is 1. The highest BCUT2D eigenvalue weighted by Crippen LogP contribution is 2.26. The number of anilines is 1. The Bertz CT molecular complexity index is 1010. The van der Waals surface area contributed by atoms with Gasteiger partial charge < -0.3 is 14.6 Å². The molecule has 1 amide bonds. The number of nitrogens with zero attached hydrogens (tertiary/aromatic N) is 2. The summed E-state index contributed by atoms with van der Waals surface area (Å²) in [5, 5.41) is 13.6. The standard InChI is InChI=1S/C20H25N3O6S/c1-5-29-19-12-15(6-11-18(19)24)13-21-22-20(25)14(2)23(30(4,26)27)16-7-9-17(28-3)10-8-16/h6-14,24H,5H2,1-4H3,(H,22,25)/b21-13-/t14-/m0/s1. The molecule has 0 spiro atoms. The number of rotatable bonds is 9. The summed E-state index contributed by atoms with van der Waals surface area (Å²) in [4.78, 5) is 12.5. The highest BCUT2D eigenvalue weighted by molar-refractivity contribution is 7.92. The number of phenols is 1. The molecule has 2 N–H and O–H groups in total. The quantitative estimate of drug-likeness (QED) is 0.460. The van der Waals surface area contributed by atoms with E-state index in [1.54, 1.807) is 43.3 Å². The van der Waals surface area contributed by atoms with Gasteiger partial charge in [-0.05, 0) is 61.9 Å². The second-order valence-corrected chi connectivity index (χ2v) is 8.19. The second kappa shape index (κ2) is 9.97. The van der Waals surface area contributed by atoms with E-state index in [0.29, 0.717) is 29.4 Å². The first-order valence-corrected chi connectivity index (χ1v) is 10.9. The Morgan fingerprint density at radius 2 is 1.93 bits per heavy atom. The number of hydrazone groups is 1. The van der Waals surface area contributed by atoms with Crippen LogP contribution in [-0.4, -0.2) is 51.7 Å². The van der Waals surface area contributed by atoms with Crippen molar-refractivity contribution in [1.82, 2.24) is 5.43 Å².